The topological polar surface area (TPSA) is 41.1 Å². The first-order valence-electron chi connectivity index (χ1n) is 7.36. The van der Waals surface area contributed by atoms with E-state index in [1.54, 1.807) is 0 Å². The van der Waals surface area contributed by atoms with E-state index in [9.17, 15) is 4.79 Å². The van der Waals surface area contributed by atoms with Crippen molar-refractivity contribution in [2.24, 2.45) is 0 Å². The highest BCUT2D eigenvalue weighted by Gasteiger charge is 2.16. The lowest BCUT2D eigenvalue weighted by molar-refractivity contribution is -0.121. The number of aryl methyl sites for hydroxylation is 1. The third-order valence-electron chi connectivity index (χ3n) is 3.76. The van der Waals surface area contributed by atoms with Gasteiger partial charge in [0.05, 0.1) is 0 Å². The van der Waals surface area contributed by atoms with Gasteiger partial charge in [0.25, 0.3) is 0 Å². The van der Waals surface area contributed by atoms with Crippen LogP contribution in [0.4, 0.5) is 0 Å². The summed E-state index contributed by atoms with van der Waals surface area (Å²) in [4.78, 5) is 11.7. The van der Waals surface area contributed by atoms with Gasteiger partial charge in [-0.3, -0.25) is 4.79 Å². The number of carbonyl (C=O) groups is 1. The molecule has 20 heavy (non-hydrogen) atoms. The van der Waals surface area contributed by atoms with E-state index in [1.165, 1.54) is 17.5 Å². The Bertz CT molecular complexity index is 399. The summed E-state index contributed by atoms with van der Waals surface area (Å²) in [5.41, 5.74) is 2.65. The molecule has 1 heterocycles. The first kappa shape index (κ1) is 17.0. The average molecular weight is 297 g/mol. The minimum Gasteiger partial charge on any atom is -0.356 e. The van der Waals surface area contributed by atoms with Crippen LogP contribution in [0, 0.1) is 0 Å². The Labute approximate surface area is 127 Å². The highest BCUT2D eigenvalue weighted by atomic mass is 35.5. The fourth-order valence-corrected chi connectivity index (χ4v) is 2.51. The Kier molecular flexibility index (Phi) is 7.63. The highest BCUT2D eigenvalue weighted by molar-refractivity contribution is 5.85. The summed E-state index contributed by atoms with van der Waals surface area (Å²) in [6.07, 6.45) is 4.93. The van der Waals surface area contributed by atoms with Crippen molar-refractivity contribution in [3.8, 4) is 0 Å². The van der Waals surface area contributed by atoms with Gasteiger partial charge >= 0.3 is 0 Å². The molecule has 1 amide bonds. The zero-order valence-corrected chi connectivity index (χ0v) is 13.0. The number of hydrogen-bond acceptors (Lipinski definition) is 2. The molecule has 0 radical (unpaired) electrons. The molecular formula is C16H25ClN2O. The Morgan fingerprint density at radius 3 is 2.60 bits per heavy atom. The van der Waals surface area contributed by atoms with Crippen LogP contribution >= 0.6 is 12.4 Å². The van der Waals surface area contributed by atoms with Gasteiger partial charge in [0.15, 0.2) is 0 Å². The maximum Gasteiger partial charge on any atom is 0.221 e. The van der Waals surface area contributed by atoms with Crippen LogP contribution < -0.4 is 10.6 Å². The Morgan fingerprint density at radius 2 is 2.00 bits per heavy atom. The molecule has 1 aromatic rings. The van der Waals surface area contributed by atoms with E-state index in [-0.39, 0.29) is 18.3 Å². The third kappa shape index (κ3) is 5.51. The molecule has 1 aromatic carbocycles. The van der Waals surface area contributed by atoms with Crippen molar-refractivity contribution in [3.05, 3.63) is 35.4 Å². The summed E-state index contributed by atoms with van der Waals surface area (Å²) >= 11 is 0. The second kappa shape index (κ2) is 8.98. The predicted molar refractivity (Wildman–Crippen MR) is 85.4 cm³/mol. The maximum absolute atomic E-state index is 11.7. The first-order chi connectivity index (χ1) is 9.28. The molecule has 0 aliphatic carbocycles. The van der Waals surface area contributed by atoms with Crippen molar-refractivity contribution in [1.29, 1.82) is 0 Å². The van der Waals surface area contributed by atoms with Gasteiger partial charge in [0, 0.05) is 19.0 Å². The molecule has 4 heteroatoms. The molecule has 2 N–H and O–H groups in total. The molecule has 1 aliphatic rings. The molecule has 0 spiro atoms. The van der Waals surface area contributed by atoms with E-state index in [4.69, 9.17) is 0 Å². The first-order valence-corrected chi connectivity index (χ1v) is 7.36. The second-order valence-electron chi connectivity index (χ2n) is 5.27. The molecule has 0 aromatic heterocycles. The van der Waals surface area contributed by atoms with E-state index < -0.39 is 0 Å². The lowest BCUT2D eigenvalue weighted by atomic mass is 10.1. The fourth-order valence-electron chi connectivity index (χ4n) is 2.51. The Morgan fingerprint density at radius 1 is 1.30 bits per heavy atom. The lowest BCUT2D eigenvalue weighted by Crippen LogP contribution is -2.32. The highest BCUT2D eigenvalue weighted by Crippen LogP contribution is 2.08. The maximum atomic E-state index is 11.7. The van der Waals surface area contributed by atoms with E-state index in [1.807, 2.05) is 0 Å². The number of nitrogens with one attached hydrogen (secondary N) is 2. The second-order valence-corrected chi connectivity index (χ2v) is 5.27. The van der Waals surface area contributed by atoms with Crippen molar-refractivity contribution in [2.45, 2.75) is 45.1 Å². The van der Waals surface area contributed by atoms with Gasteiger partial charge < -0.3 is 10.6 Å². The van der Waals surface area contributed by atoms with Gasteiger partial charge in [-0.25, -0.2) is 0 Å². The quantitative estimate of drug-likeness (QED) is 0.847. The standard InChI is InChI=1S/C16H24N2O.ClH/c1-2-13-5-7-14(8-6-13)9-11-18-16(19)12-15-4-3-10-17-15;/h5-8,15,17H,2-4,9-12H2,1H3,(H,18,19);1H. The molecule has 2 rings (SSSR count). The predicted octanol–water partition coefficient (Wildman–Crippen LogP) is 2.47. The fraction of sp³-hybridized carbons (Fsp3) is 0.562. The summed E-state index contributed by atoms with van der Waals surface area (Å²) in [7, 11) is 0. The van der Waals surface area contributed by atoms with Crippen LogP contribution in [-0.2, 0) is 17.6 Å². The van der Waals surface area contributed by atoms with E-state index in [0.717, 1.165) is 32.4 Å². The van der Waals surface area contributed by atoms with Gasteiger partial charge in [-0.05, 0) is 43.4 Å². The van der Waals surface area contributed by atoms with Crippen molar-refractivity contribution >= 4 is 18.3 Å². The Balaban J connectivity index is 0.00000200. The van der Waals surface area contributed by atoms with Crippen molar-refractivity contribution in [3.63, 3.8) is 0 Å². The van der Waals surface area contributed by atoms with Crippen LogP contribution in [0.25, 0.3) is 0 Å². The SMILES string of the molecule is CCc1ccc(CCNC(=O)CC2CCCN2)cc1.Cl. The van der Waals surface area contributed by atoms with Crippen LogP contribution in [0.15, 0.2) is 24.3 Å². The minimum absolute atomic E-state index is 0. The van der Waals surface area contributed by atoms with Crippen molar-refractivity contribution < 1.29 is 4.79 Å². The normalized spacial score (nSPS) is 17.6. The summed E-state index contributed by atoms with van der Waals surface area (Å²) in [6, 6.07) is 9.04. The van der Waals surface area contributed by atoms with Crippen molar-refractivity contribution in [1.82, 2.24) is 10.6 Å². The van der Waals surface area contributed by atoms with Gasteiger partial charge in [-0.15, -0.1) is 12.4 Å². The summed E-state index contributed by atoms with van der Waals surface area (Å²) in [5.74, 6) is 0.171. The minimum atomic E-state index is 0. The van der Waals surface area contributed by atoms with Gasteiger partial charge in [0.1, 0.15) is 0 Å². The van der Waals surface area contributed by atoms with Crippen LogP contribution in [0.2, 0.25) is 0 Å². The number of halogens is 1. The van der Waals surface area contributed by atoms with Crippen LogP contribution in [0.3, 0.4) is 0 Å². The number of amides is 1. The smallest absolute Gasteiger partial charge is 0.221 e. The Hall–Kier alpha value is -1.06. The molecule has 0 saturated carbocycles. The van der Waals surface area contributed by atoms with Crippen molar-refractivity contribution in [2.75, 3.05) is 13.1 Å². The number of hydrogen-bond donors (Lipinski definition) is 2. The monoisotopic (exact) mass is 296 g/mol. The zero-order valence-electron chi connectivity index (χ0n) is 12.2. The van der Waals surface area contributed by atoms with Gasteiger partial charge in [0.2, 0.25) is 5.91 Å². The molecule has 0 bridgehead atoms. The summed E-state index contributed by atoms with van der Waals surface area (Å²) < 4.78 is 0. The summed E-state index contributed by atoms with van der Waals surface area (Å²) in [6.45, 7) is 3.95. The molecular weight excluding hydrogens is 272 g/mol. The largest absolute Gasteiger partial charge is 0.356 e. The van der Waals surface area contributed by atoms with Gasteiger partial charge in [-0.1, -0.05) is 31.2 Å². The van der Waals surface area contributed by atoms with E-state index in [2.05, 4.69) is 41.8 Å². The molecule has 1 aliphatic heterocycles. The average Bonchev–Trinajstić information content (AvgIpc) is 2.92. The molecule has 3 nitrogen and oxygen atoms in total. The zero-order chi connectivity index (χ0) is 13.5. The molecule has 1 unspecified atom stereocenters. The van der Waals surface area contributed by atoms with Crippen LogP contribution in [-0.4, -0.2) is 25.0 Å². The number of rotatable bonds is 6. The van der Waals surface area contributed by atoms with E-state index >= 15 is 0 Å². The van der Waals surface area contributed by atoms with Crippen LogP contribution in [0.1, 0.15) is 37.3 Å². The molecule has 1 atom stereocenters. The van der Waals surface area contributed by atoms with E-state index in [0.29, 0.717) is 12.5 Å². The third-order valence-corrected chi connectivity index (χ3v) is 3.76. The lowest BCUT2D eigenvalue weighted by Gasteiger charge is -2.10. The molecule has 1 saturated heterocycles. The van der Waals surface area contributed by atoms with Gasteiger partial charge in [-0.2, -0.15) is 0 Å². The summed E-state index contributed by atoms with van der Waals surface area (Å²) in [5, 5.41) is 6.36. The number of carbonyl (C=O) groups excluding carboxylic acids is 1. The number of benzene rings is 1. The van der Waals surface area contributed by atoms with Crippen LogP contribution in [0.5, 0.6) is 0 Å². The molecule has 1 fully saturated rings. The molecule has 112 valence electrons.